The molecule has 0 aliphatic carbocycles. The van der Waals surface area contributed by atoms with Crippen LogP contribution in [0, 0.1) is 0 Å². The Morgan fingerprint density at radius 2 is 1.85 bits per heavy atom. The fourth-order valence-electron chi connectivity index (χ4n) is 2.35. The summed E-state index contributed by atoms with van der Waals surface area (Å²) in [6.45, 7) is 0. The second-order valence-corrected chi connectivity index (χ2v) is 7.42. The summed E-state index contributed by atoms with van der Waals surface area (Å²) in [6, 6.07) is 13.7. The number of hydrogen-bond acceptors (Lipinski definition) is 8. The molecule has 0 unspecified atom stereocenters. The molecule has 4 rings (SSSR count). The van der Waals surface area contributed by atoms with Crippen LogP contribution < -0.4 is 9.50 Å². The Bertz CT molecular complexity index is 1200. The standard InChI is InChI=1S/C17H11N3O5S2/c21-17(14-4-2-10-24-14)18-11-6-8-12(9-7-11)25-27(22,23)15-5-1-3-13-16(15)20-26-19-13/h1-10H,(H,18,21). The van der Waals surface area contributed by atoms with Gasteiger partial charge in [-0.3, -0.25) is 4.79 Å². The van der Waals surface area contributed by atoms with E-state index in [1.165, 1.54) is 42.7 Å². The molecule has 0 saturated heterocycles. The molecule has 0 atom stereocenters. The number of carbonyl (C=O) groups is 1. The molecular formula is C17H11N3O5S2. The first kappa shape index (κ1) is 17.2. The first-order valence-electron chi connectivity index (χ1n) is 7.64. The Kier molecular flexibility index (Phi) is 4.34. The summed E-state index contributed by atoms with van der Waals surface area (Å²) in [5.74, 6) is -0.141. The predicted molar refractivity (Wildman–Crippen MR) is 98.3 cm³/mol. The molecule has 0 spiro atoms. The van der Waals surface area contributed by atoms with Crippen molar-refractivity contribution in [1.82, 2.24) is 8.75 Å². The van der Waals surface area contributed by atoms with Crippen LogP contribution in [0.15, 0.2) is 70.2 Å². The summed E-state index contributed by atoms with van der Waals surface area (Å²) < 4.78 is 43.3. The lowest BCUT2D eigenvalue weighted by Crippen LogP contribution is -2.12. The fourth-order valence-corrected chi connectivity index (χ4v) is 4.04. The van der Waals surface area contributed by atoms with Crippen molar-refractivity contribution in [3.05, 3.63) is 66.6 Å². The van der Waals surface area contributed by atoms with E-state index in [9.17, 15) is 13.2 Å². The van der Waals surface area contributed by atoms with Crippen LogP contribution in [0.4, 0.5) is 5.69 Å². The van der Waals surface area contributed by atoms with Crippen molar-refractivity contribution in [3.8, 4) is 5.75 Å². The number of fused-ring (bicyclic) bond motifs is 1. The number of carbonyl (C=O) groups excluding carboxylic acids is 1. The summed E-state index contributed by atoms with van der Waals surface area (Å²) in [5.41, 5.74) is 1.22. The van der Waals surface area contributed by atoms with Gasteiger partial charge in [0.15, 0.2) is 5.76 Å². The van der Waals surface area contributed by atoms with E-state index in [1.54, 1.807) is 18.2 Å². The number of anilines is 1. The van der Waals surface area contributed by atoms with Gasteiger partial charge in [0, 0.05) is 5.69 Å². The quantitative estimate of drug-likeness (QED) is 0.511. The van der Waals surface area contributed by atoms with Crippen LogP contribution in [0.25, 0.3) is 11.0 Å². The molecule has 0 bridgehead atoms. The van der Waals surface area contributed by atoms with E-state index in [0.717, 1.165) is 11.7 Å². The van der Waals surface area contributed by atoms with Crippen molar-refractivity contribution in [2.45, 2.75) is 4.90 Å². The number of aromatic nitrogens is 2. The zero-order chi connectivity index (χ0) is 18.9. The summed E-state index contributed by atoms with van der Waals surface area (Å²) in [6.07, 6.45) is 1.40. The van der Waals surface area contributed by atoms with Gasteiger partial charge in [0.2, 0.25) is 0 Å². The van der Waals surface area contributed by atoms with Crippen molar-refractivity contribution in [2.75, 3.05) is 5.32 Å². The Morgan fingerprint density at radius 1 is 1.04 bits per heavy atom. The van der Waals surface area contributed by atoms with Gasteiger partial charge in [0.05, 0.1) is 18.0 Å². The van der Waals surface area contributed by atoms with Crippen LogP contribution in [0.1, 0.15) is 10.6 Å². The number of nitrogens with one attached hydrogen (secondary N) is 1. The van der Waals surface area contributed by atoms with E-state index < -0.39 is 16.0 Å². The van der Waals surface area contributed by atoms with Gasteiger partial charge >= 0.3 is 10.1 Å². The van der Waals surface area contributed by atoms with Crippen LogP contribution >= 0.6 is 11.7 Å². The molecule has 27 heavy (non-hydrogen) atoms. The van der Waals surface area contributed by atoms with Crippen molar-refractivity contribution in [1.29, 1.82) is 0 Å². The van der Waals surface area contributed by atoms with Crippen molar-refractivity contribution in [2.24, 2.45) is 0 Å². The van der Waals surface area contributed by atoms with E-state index in [0.29, 0.717) is 11.2 Å². The van der Waals surface area contributed by atoms with Gasteiger partial charge in [-0.15, -0.1) is 0 Å². The molecule has 0 radical (unpaired) electrons. The second kappa shape index (κ2) is 6.82. The normalized spacial score (nSPS) is 11.4. The summed E-state index contributed by atoms with van der Waals surface area (Å²) in [7, 11) is -4.08. The van der Waals surface area contributed by atoms with Crippen molar-refractivity contribution < 1.29 is 21.8 Å². The highest BCUT2D eigenvalue weighted by molar-refractivity contribution is 7.87. The van der Waals surface area contributed by atoms with Gasteiger partial charge in [-0.25, -0.2) is 0 Å². The minimum absolute atomic E-state index is 0.0519. The molecule has 136 valence electrons. The highest BCUT2D eigenvalue weighted by Crippen LogP contribution is 2.25. The number of furan rings is 1. The average molecular weight is 401 g/mol. The summed E-state index contributed by atoms with van der Waals surface area (Å²) >= 11 is 0.928. The zero-order valence-corrected chi connectivity index (χ0v) is 15.2. The molecular weight excluding hydrogens is 390 g/mol. The van der Waals surface area contributed by atoms with Gasteiger partial charge in [0.25, 0.3) is 5.91 Å². The maximum atomic E-state index is 12.6. The van der Waals surface area contributed by atoms with Crippen LogP contribution in [-0.2, 0) is 10.1 Å². The zero-order valence-electron chi connectivity index (χ0n) is 13.5. The van der Waals surface area contributed by atoms with Crippen LogP contribution in [0.2, 0.25) is 0 Å². The van der Waals surface area contributed by atoms with E-state index in [2.05, 4.69) is 14.1 Å². The number of amides is 1. The van der Waals surface area contributed by atoms with Gasteiger partial charge in [0.1, 0.15) is 21.7 Å². The lowest BCUT2D eigenvalue weighted by atomic mass is 10.3. The van der Waals surface area contributed by atoms with E-state index in [4.69, 9.17) is 8.60 Å². The number of benzene rings is 2. The Labute approximate surface area is 157 Å². The maximum absolute atomic E-state index is 12.6. The third-order valence-electron chi connectivity index (χ3n) is 3.58. The lowest BCUT2D eigenvalue weighted by molar-refractivity contribution is 0.0996. The van der Waals surface area contributed by atoms with Crippen LogP contribution in [-0.4, -0.2) is 23.1 Å². The van der Waals surface area contributed by atoms with Gasteiger partial charge in [-0.05, 0) is 48.5 Å². The molecule has 0 fully saturated rings. The Balaban J connectivity index is 1.52. The maximum Gasteiger partial charge on any atom is 0.341 e. The molecule has 8 nitrogen and oxygen atoms in total. The molecule has 10 heteroatoms. The highest BCUT2D eigenvalue weighted by Gasteiger charge is 2.22. The molecule has 1 amide bonds. The molecule has 2 aromatic heterocycles. The first-order valence-corrected chi connectivity index (χ1v) is 9.77. The Hall–Kier alpha value is -3.24. The lowest BCUT2D eigenvalue weighted by Gasteiger charge is -2.08. The second-order valence-electron chi connectivity index (χ2n) is 5.38. The third-order valence-corrected chi connectivity index (χ3v) is 5.40. The van der Waals surface area contributed by atoms with Gasteiger partial charge < -0.3 is 13.9 Å². The number of rotatable bonds is 5. The Morgan fingerprint density at radius 3 is 2.59 bits per heavy atom. The van der Waals surface area contributed by atoms with Crippen LogP contribution in [0.5, 0.6) is 5.75 Å². The minimum Gasteiger partial charge on any atom is -0.459 e. The fraction of sp³-hybridized carbons (Fsp3) is 0. The minimum atomic E-state index is -4.08. The molecule has 2 heterocycles. The average Bonchev–Trinajstić information content (AvgIpc) is 3.34. The molecule has 0 saturated carbocycles. The topological polar surface area (TPSA) is 111 Å². The predicted octanol–water partition coefficient (Wildman–Crippen LogP) is 3.30. The van der Waals surface area contributed by atoms with Crippen molar-refractivity contribution in [3.63, 3.8) is 0 Å². The highest BCUT2D eigenvalue weighted by atomic mass is 32.2. The van der Waals surface area contributed by atoms with E-state index in [1.807, 2.05) is 0 Å². The van der Waals surface area contributed by atoms with E-state index in [-0.39, 0.29) is 21.9 Å². The first-order chi connectivity index (χ1) is 13.0. The smallest absolute Gasteiger partial charge is 0.341 e. The SMILES string of the molecule is O=C(Nc1ccc(OS(=O)(=O)c2cccc3nsnc23)cc1)c1ccco1. The van der Waals surface area contributed by atoms with Gasteiger partial charge in [-0.1, -0.05) is 6.07 Å². The summed E-state index contributed by atoms with van der Waals surface area (Å²) in [5, 5.41) is 2.63. The van der Waals surface area contributed by atoms with Gasteiger partial charge in [-0.2, -0.15) is 17.2 Å². The number of nitrogens with zero attached hydrogens (tertiary/aromatic N) is 2. The molecule has 0 aliphatic heterocycles. The summed E-state index contributed by atoms with van der Waals surface area (Å²) in [4.78, 5) is 11.9. The molecule has 4 aromatic rings. The number of hydrogen-bond donors (Lipinski definition) is 1. The van der Waals surface area contributed by atoms with Crippen molar-refractivity contribution >= 4 is 44.5 Å². The molecule has 0 aliphatic rings. The largest absolute Gasteiger partial charge is 0.459 e. The molecule has 1 N–H and O–H groups in total. The third kappa shape index (κ3) is 3.52. The van der Waals surface area contributed by atoms with E-state index >= 15 is 0 Å². The monoisotopic (exact) mass is 401 g/mol. The van der Waals surface area contributed by atoms with Crippen LogP contribution in [0.3, 0.4) is 0 Å². The molecule has 2 aromatic carbocycles.